The fourth-order valence-electron chi connectivity index (χ4n) is 1.73. The van der Waals surface area contributed by atoms with Crippen LogP contribution in [0.25, 0.3) is 0 Å². The molecular weight excluding hydrogens is 244 g/mol. The topological polar surface area (TPSA) is 63.8 Å². The van der Waals surface area contributed by atoms with E-state index < -0.39 is 0 Å². The van der Waals surface area contributed by atoms with Crippen molar-refractivity contribution in [3.63, 3.8) is 0 Å². The van der Waals surface area contributed by atoms with Crippen LogP contribution < -0.4 is 11.1 Å². The molecule has 5 heteroatoms. The lowest BCUT2D eigenvalue weighted by atomic mass is 10.2. The Morgan fingerprint density at radius 1 is 1.39 bits per heavy atom. The van der Waals surface area contributed by atoms with E-state index in [0.29, 0.717) is 5.82 Å². The molecule has 0 bridgehead atoms. The van der Waals surface area contributed by atoms with E-state index in [0.717, 1.165) is 18.1 Å². The number of hydrogen-bond donors (Lipinski definition) is 2. The van der Waals surface area contributed by atoms with Crippen molar-refractivity contribution in [2.45, 2.75) is 33.2 Å². The number of aromatic nitrogens is 2. The number of hydrogen-bond acceptors (Lipinski definition) is 5. The van der Waals surface area contributed by atoms with Crippen LogP contribution >= 0.6 is 11.3 Å². The van der Waals surface area contributed by atoms with Crippen LogP contribution in [0.4, 0.5) is 11.6 Å². The number of thiophene rings is 1. The van der Waals surface area contributed by atoms with Crippen molar-refractivity contribution in [3.8, 4) is 0 Å². The molecule has 2 rings (SSSR count). The molecule has 0 saturated carbocycles. The van der Waals surface area contributed by atoms with Crippen LogP contribution in [0.15, 0.2) is 18.2 Å². The Labute approximate surface area is 111 Å². The first-order valence-electron chi connectivity index (χ1n) is 6.04. The number of rotatable bonds is 4. The van der Waals surface area contributed by atoms with Gasteiger partial charge in [-0.05, 0) is 26.0 Å². The van der Waals surface area contributed by atoms with E-state index in [9.17, 15) is 0 Å². The van der Waals surface area contributed by atoms with Gasteiger partial charge in [0.2, 0.25) is 0 Å². The molecule has 0 fully saturated rings. The van der Waals surface area contributed by atoms with Gasteiger partial charge in [-0.2, -0.15) is 0 Å². The molecule has 0 amide bonds. The fourth-order valence-corrected chi connectivity index (χ4v) is 2.61. The van der Waals surface area contributed by atoms with Crippen molar-refractivity contribution >= 4 is 23.0 Å². The summed E-state index contributed by atoms with van der Waals surface area (Å²) in [7, 11) is 0. The predicted molar refractivity (Wildman–Crippen MR) is 76.9 cm³/mol. The molecule has 0 aliphatic rings. The predicted octanol–water partition coefficient (Wildman–Crippen LogP) is 3.16. The molecule has 0 aliphatic carbocycles. The van der Waals surface area contributed by atoms with Gasteiger partial charge in [0.25, 0.3) is 0 Å². The van der Waals surface area contributed by atoms with Gasteiger partial charge in [0, 0.05) is 22.2 Å². The van der Waals surface area contributed by atoms with E-state index in [1.807, 2.05) is 6.92 Å². The van der Waals surface area contributed by atoms with Gasteiger partial charge in [0.05, 0.1) is 6.04 Å². The van der Waals surface area contributed by atoms with Gasteiger partial charge in [-0.3, -0.25) is 0 Å². The quantitative estimate of drug-likeness (QED) is 0.888. The first kappa shape index (κ1) is 12.8. The van der Waals surface area contributed by atoms with E-state index in [-0.39, 0.29) is 6.04 Å². The lowest BCUT2D eigenvalue weighted by Gasteiger charge is -2.13. The molecule has 0 saturated heterocycles. The number of nitrogens with one attached hydrogen (secondary N) is 1. The second-order valence-corrected chi connectivity index (χ2v) is 5.58. The number of nitrogen functional groups attached to an aromatic ring is 1. The van der Waals surface area contributed by atoms with Gasteiger partial charge < -0.3 is 11.1 Å². The zero-order valence-electron chi connectivity index (χ0n) is 10.9. The minimum absolute atomic E-state index is 0.225. The van der Waals surface area contributed by atoms with Crippen LogP contribution in [-0.2, 0) is 6.42 Å². The molecule has 1 unspecified atom stereocenters. The largest absolute Gasteiger partial charge is 0.384 e. The van der Waals surface area contributed by atoms with Crippen LogP contribution in [0.3, 0.4) is 0 Å². The molecule has 2 aromatic rings. The Balaban J connectivity index is 2.16. The summed E-state index contributed by atoms with van der Waals surface area (Å²) in [5.41, 5.74) is 5.77. The maximum absolute atomic E-state index is 5.77. The second kappa shape index (κ2) is 5.35. The summed E-state index contributed by atoms with van der Waals surface area (Å²) in [4.78, 5) is 11.2. The third-order valence-electron chi connectivity index (χ3n) is 2.66. The van der Waals surface area contributed by atoms with Crippen molar-refractivity contribution in [3.05, 3.63) is 33.8 Å². The summed E-state index contributed by atoms with van der Waals surface area (Å²) < 4.78 is 0. The summed E-state index contributed by atoms with van der Waals surface area (Å²) in [5.74, 6) is 2.07. The maximum Gasteiger partial charge on any atom is 0.132 e. The first-order valence-corrected chi connectivity index (χ1v) is 6.86. The van der Waals surface area contributed by atoms with Gasteiger partial charge in [-0.15, -0.1) is 11.3 Å². The number of nitrogens with zero attached hydrogens (tertiary/aromatic N) is 2. The van der Waals surface area contributed by atoms with Gasteiger partial charge in [-0.1, -0.05) is 6.92 Å². The Morgan fingerprint density at radius 3 is 2.78 bits per heavy atom. The van der Waals surface area contributed by atoms with Crippen molar-refractivity contribution in [1.82, 2.24) is 9.97 Å². The third kappa shape index (κ3) is 2.98. The van der Waals surface area contributed by atoms with E-state index in [1.54, 1.807) is 17.4 Å². The zero-order valence-corrected chi connectivity index (χ0v) is 11.7. The highest BCUT2D eigenvalue weighted by molar-refractivity contribution is 7.12. The normalized spacial score (nSPS) is 12.4. The molecule has 0 radical (unpaired) electrons. The highest BCUT2D eigenvalue weighted by Gasteiger charge is 2.09. The van der Waals surface area contributed by atoms with E-state index >= 15 is 0 Å². The van der Waals surface area contributed by atoms with Gasteiger partial charge in [-0.25, -0.2) is 9.97 Å². The number of nitrogens with two attached hydrogens (primary N) is 1. The first-order chi connectivity index (χ1) is 8.58. The molecule has 3 N–H and O–H groups in total. The number of aryl methyl sites for hydroxylation is 2. The fraction of sp³-hybridized carbons (Fsp3) is 0.385. The second-order valence-electron chi connectivity index (χ2n) is 4.26. The average molecular weight is 262 g/mol. The van der Waals surface area contributed by atoms with Crippen molar-refractivity contribution in [2.24, 2.45) is 0 Å². The molecule has 0 aromatic carbocycles. The van der Waals surface area contributed by atoms with Gasteiger partial charge in [0.15, 0.2) is 0 Å². The minimum Gasteiger partial charge on any atom is -0.384 e. The average Bonchev–Trinajstić information content (AvgIpc) is 2.75. The summed E-state index contributed by atoms with van der Waals surface area (Å²) in [6.07, 6.45) is 0.784. The summed E-state index contributed by atoms with van der Waals surface area (Å²) in [5, 5.41) is 3.37. The summed E-state index contributed by atoms with van der Waals surface area (Å²) in [6, 6.07) is 6.27. The van der Waals surface area contributed by atoms with Crippen LogP contribution in [0, 0.1) is 6.92 Å². The highest BCUT2D eigenvalue weighted by Crippen LogP contribution is 2.25. The van der Waals surface area contributed by atoms with Crippen LogP contribution in [0.2, 0.25) is 0 Å². The van der Waals surface area contributed by atoms with E-state index in [2.05, 4.69) is 41.3 Å². The third-order valence-corrected chi connectivity index (χ3v) is 3.84. The van der Waals surface area contributed by atoms with Crippen molar-refractivity contribution in [2.75, 3.05) is 11.1 Å². The molecule has 96 valence electrons. The highest BCUT2D eigenvalue weighted by atomic mass is 32.1. The monoisotopic (exact) mass is 262 g/mol. The molecule has 18 heavy (non-hydrogen) atoms. The molecule has 0 aliphatic heterocycles. The van der Waals surface area contributed by atoms with Crippen LogP contribution in [-0.4, -0.2) is 9.97 Å². The van der Waals surface area contributed by atoms with E-state index in [4.69, 9.17) is 5.73 Å². The summed E-state index contributed by atoms with van der Waals surface area (Å²) >= 11 is 1.79. The number of anilines is 2. The SMILES string of the molecule is CCc1nc(N)cc(NC(C)c2ccc(C)s2)n1. The molecule has 2 aromatic heterocycles. The van der Waals surface area contributed by atoms with Gasteiger partial charge >= 0.3 is 0 Å². The molecule has 2 heterocycles. The van der Waals surface area contributed by atoms with Crippen molar-refractivity contribution < 1.29 is 0 Å². The van der Waals surface area contributed by atoms with Crippen LogP contribution in [0.1, 0.15) is 35.5 Å². The van der Waals surface area contributed by atoms with Crippen molar-refractivity contribution in [1.29, 1.82) is 0 Å². The molecular formula is C13H18N4S. The Bertz CT molecular complexity index is 536. The lowest BCUT2D eigenvalue weighted by molar-refractivity contribution is 0.874. The minimum atomic E-state index is 0.225. The van der Waals surface area contributed by atoms with Crippen LogP contribution in [0.5, 0.6) is 0 Å². The molecule has 4 nitrogen and oxygen atoms in total. The molecule has 0 spiro atoms. The lowest BCUT2D eigenvalue weighted by Crippen LogP contribution is -2.09. The zero-order chi connectivity index (χ0) is 13.1. The maximum atomic E-state index is 5.77. The smallest absolute Gasteiger partial charge is 0.132 e. The van der Waals surface area contributed by atoms with E-state index in [1.165, 1.54) is 9.75 Å². The molecule has 1 atom stereocenters. The Hall–Kier alpha value is -1.62. The summed E-state index contributed by atoms with van der Waals surface area (Å²) in [6.45, 7) is 6.25. The standard InChI is InChI=1S/C13H18N4S/c1-4-12-16-11(14)7-13(17-12)15-9(3)10-6-5-8(2)18-10/h5-7,9H,4H2,1-3H3,(H3,14,15,16,17). The Kier molecular flexibility index (Phi) is 3.81. The Morgan fingerprint density at radius 2 is 2.17 bits per heavy atom. The van der Waals surface area contributed by atoms with Gasteiger partial charge in [0.1, 0.15) is 17.5 Å².